The second kappa shape index (κ2) is 24.9. The van der Waals surface area contributed by atoms with Gasteiger partial charge in [-0.15, -0.1) is 0 Å². The Labute approximate surface area is 229 Å². The zero-order valence-corrected chi connectivity index (χ0v) is 23.6. The van der Waals surface area contributed by atoms with Crippen molar-refractivity contribution in [3.63, 3.8) is 0 Å². The van der Waals surface area contributed by atoms with E-state index < -0.39 is 0 Å². The molecular weight excluding hydrogens is 480 g/mol. The lowest BCUT2D eigenvalue weighted by molar-refractivity contribution is -0.125. The summed E-state index contributed by atoms with van der Waals surface area (Å²) in [5, 5.41) is 13.5. The van der Waals surface area contributed by atoms with E-state index in [0.717, 1.165) is 89.9 Å². The molecule has 1 aliphatic rings. The van der Waals surface area contributed by atoms with Crippen molar-refractivity contribution in [3.05, 3.63) is 20.9 Å². The fourth-order valence-electron chi connectivity index (χ4n) is 5.18. The van der Waals surface area contributed by atoms with E-state index in [0.29, 0.717) is 25.9 Å². The highest BCUT2D eigenvalue weighted by molar-refractivity contribution is 5.77. The summed E-state index contributed by atoms with van der Waals surface area (Å²) in [5.74, 6) is 0.235. The maximum Gasteiger partial charge on any atom is 0.220 e. The number of carbonyl (C=O) groups is 2. The quantitative estimate of drug-likeness (QED) is 0.0556. The lowest BCUT2D eigenvalue weighted by Gasteiger charge is -2.33. The predicted molar refractivity (Wildman–Crippen MR) is 153 cm³/mol. The molecule has 0 aliphatic heterocycles. The summed E-state index contributed by atoms with van der Waals surface area (Å²) in [5.41, 5.74) is 16.5. The van der Waals surface area contributed by atoms with Crippen LogP contribution in [0.4, 0.5) is 0 Å². The lowest BCUT2D eigenvalue weighted by Crippen LogP contribution is -2.53. The summed E-state index contributed by atoms with van der Waals surface area (Å²) < 4.78 is 0. The van der Waals surface area contributed by atoms with Crippen LogP contribution in [-0.2, 0) is 9.59 Å². The van der Waals surface area contributed by atoms with E-state index >= 15 is 0 Å². The summed E-state index contributed by atoms with van der Waals surface area (Å²) in [7, 11) is 0. The zero-order valence-electron chi connectivity index (χ0n) is 23.6. The molecule has 1 saturated carbocycles. The minimum atomic E-state index is 0.0596. The number of rotatable bonds is 24. The Morgan fingerprint density at radius 2 is 0.868 bits per heavy atom. The Balaban J connectivity index is 2.07. The van der Waals surface area contributed by atoms with E-state index in [1.807, 2.05) is 0 Å². The van der Waals surface area contributed by atoms with E-state index in [9.17, 15) is 9.59 Å². The highest BCUT2D eigenvalue weighted by Crippen LogP contribution is 2.20. The lowest BCUT2D eigenvalue weighted by atomic mass is 9.90. The molecule has 2 atom stereocenters. The summed E-state index contributed by atoms with van der Waals surface area (Å²) in [6.45, 7) is 1.20. The van der Waals surface area contributed by atoms with Gasteiger partial charge >= 0.3 is 0 Å². The summed E-state index contributed by atoms with van der Waals surface area (Å²) in [6.07, 6.45) is 22.9. The maximum atomic E-state index is 12.5. The molecule has 38 heavy (non-hydrogen) atoms. The molecule has 0 radical (unpaired) electrons. The number of amides is 2. The molecule has 1 rings (SSSR count). The Bertz CT molecular complexity index is 660. The van der Waals surface area contributed by atoms with Gasteiger partial charge in [-0.3, -0.25) is 9.59 Å². The molecule has 0 spiro atoms. The van der Waals surface area contributed by atoms with E-state index in [1.165, 1.54) is 38.5 Å². The Morgan fingerprint density at radius 3 is 1.21 bits per heavy atom. The third-order valence-electron chi connectivity index (χ3n) is 7.41. The molecule has 0 aromatic carbocycles. The van der Waals surface area contributed by atoms with E-state index in [-0.39, 0.29) is 23.9 Å². The average molecular weight is 533 g/mol. The van der Waals surface area contributed by atoms with Crippen LogP contribution >= 0.6 is 0 Å². The molecule has 1 aliphatic carbocycles. The van der Waals surface area contributed by atoms with Gasteiger partial charge in [-0.1, -0.05) is 100 Å². The molecule has 10 heteroatoms. The normalized spacial score (nSPS) is 16.7. The minimum absolute atomic E-state index is 0.0596. The second-order valence-corrected chi connectivity index (χ2v) is 10.7. The molecule has 0 aromatic rings. The number of hydrogen-bond donors (Lipinski definition) is 2. The van der Waals surface area contributed by atoms with Gasteiger partial charge in [0.15, 0.2) is 0 Å². The first-order chi connectivity index (χ1) is 18.7. The first-order valence-electron chi connectivity index (χ1n) is 15.3. The molecule has 0 unspecified atom stereocenters. The average Bonchev–Trinajstić information content (AvgIpc) is 2.91. The van der Waals surface area contributed by atoms with Crippen LogP contribution in [0.15, 0.2) is 10.2 Å². The molecule has 0 bridgehead atoms. The van der Waals surface area contributed by atoms with Crippen molar-refractivity contribution in [1.82, 2.24) is 10.6 Å². The van der Waals surface area contributed by atoms with E-state index in [4.69, 9.17) is 11.1 Å². The van der Waals surface area contributed by atoms with Crippen LogP contribution in [0.3, 0.4) is 0 Å². The highest BCUT2D eigenvalue weighted by atomic mass is 16.2. The summed E-state index contributed by atoms with van der Waals surface area (Å²) >= 11 is 0. The topological polar surface area (TPSA) is 156 Å². The first-order valence-corrected chi connectivity index (χ1v) is 15.3. The number of carbonyl (C=O) groups excluding carboxylic acids is 2. The van der Waals surface area contributed by atoms with Gasteiger partial charge < -0.3 is 10.6 Å². The molecule has 0 saturated heterocycles. The van der Waals surface area contributed by atoms with Gasteiger partial charge in [0.1, 0.15) is 0 Å². The van der Waals surface area contributed by atoms with Crippen LogP contribution in [0, 0.1) is 0 Å². The first kappa shape index (κ1) is 33.6. The van der Waals surface area contributed by atoms with Gasteiger partial charge in [0.05, 0.1) is 0 Å². The maximum absolute atomic E-state index is 12.5. The zero-order chi connectivity index (χ0) is 27.5. The van der Waals surface area contributed by atoms with Crippen LogP contribution in [0.5, 0.6) is 0 Å². The van der Waals surface area contributed by atoms with Gasteiger partial charge in [-0.05, 0) is 49.6 Å². The van der Waals surface area contributed by atoms with Crippen LogP contribution in [0.25, 0.3) is 20.9 Å². The summed E-state index contributed by atoms with van der Waals surface area (Å²) in [4.78, 5) is 30.6. The molecule has 216 valence electrons. The smallest absolute Gasteiger partial charge is 0.220 e. The van der Waals surface area contributed by atoms with Crippen molar-refractivity contribution in [2.45, 2.75) is 153 Å². The van der Waals surface area contributed by atoms with E-state index in [2.05, 4.69) is 30.7 Å². The van der Waals surface area contributed by atoms with Crippen molar-refractivity contribution in [2.75, 3.05) is 13.1 Å². The van der Waals surface area contributed by atoms with Crippen molar-refractivity contribution >= 4 is 11.8 Å². The SMILES string of the molecule is [N-]=[N+]=NCCCCCCCCCCC(=O)N[C@@H]1CCCC[C@H]1NC(=O)CCCCCCCCCCN=[N+]=[N-]. The van der Waals surface area contributed by atoms with Crippen LogP contribution in [-0.4, -0.2) is 37.0 Å². The van der Waals surface area contributed by atoms with Crippen molar-refractivity contribution in [3.8, 4) is 0 Å². The number of hydrogen-bond acceptors (Lipinski definition) is 4. The van der Waals surface area contributed by atoms with Crippen LogP contribution < -0.4 is 10.6 Å². The van der Waals surface area contributed by atoms with Crippen LogP contribution in [0.2, 0.25) is 0 Å². The van der Waals surface area contributed by atoms with Gasteiger partial charge in [0, 0.05) is 47.8 Å². The van der Waals surface area contributed by atoms with Gasteiger partial charge in [0.2, 0.25) is 11.8 Å². The number of nitrogens with zero attached hydrogens (tertiary/aromatic N) is 6. The van der Waals surface area contributed by atoms with Crippen molar-refractivity contribution in [2.24, 2.45) is 10.2 Å². The Hall–Kier alpha value is -2.44. The third kappa shape index (κ3) is 19.6. The van der Waals surface area contributed by atoms with Gasteiger partial charge in [-0.2, -0.15) is 0 Å². The van der Waals surface area contributed by atoms with Crippen LogP contribution in [0.1, 0.15) is 141 Å². The fourth-order valence-corrected chi connectivity index (χ4v) is 5.18. The number of nitrogens with one attached hydrogen (secondary N) is 2. The summed E-state index contributed by atoms with van der Waals surface area (Å²) in [6, 6.07) is 0.119. The molecule has 2 N–H and O–H groups in total. The third-order valence-corrected chi connectivity index (χ3v) is 7.41. The van der Waals surface area contributed by atoms with Gasteiger partial charge in [-0.25, -0.2) is 0 Å². The molecule has 1 fully saturated rings. The number of azide groups is 2. The van der Waals surface area contributed by atoms with E-state index in [1.54, 1.807) is 0 Å². The minimum Gasteiger partial charge on any atom is -0.351 e. The Morgan fingerprint density at radius 1 is 0.553 bits per heavy atom. The molecule has 10 nitrogen and oxygen atoms in total. The molecular formula is C28H52N8O2. The number of unbranched alkanes of at least 4 members (excludes halogenated alkanes) is 14. The largest absolute Gasteiger partial charge is 0.351 e. The van der Waals surface area contributed by atoms with Crippen molar-refractivity contribution < 1.29 is 9.59 Å². The highest BCUT2D eigenvalue weighted by Gasteiger charge is 2.27. The standard InChI is InChI=1S/C28H52N8O2/c29-35-31-23-17-11-7-3-1-5-9-13-21-27(37)33-25-19-15-16-20-26(25)34-28(38)22-14-10-6-2-4-8-12-18-24-32-36-30/h25-26H,1-24H2,(H,33,37)(H,34,38)/t25-,26-/m1/s1. The monoisotopic (exact) mass is 532 g/mol. The predicted octanol–water partition coefficient (Wildman–Crippen LogP) is 8.17. The molecule has 0 heterocycles. The fraction of sp³-hybridized carbons (Fsp3) is 0.929. The van der Waals surface area contributed by atoms with Gasteiger partial charge in [0.25, 0.3) is 0 Å². The molecule has 0 aromatic heterocycles. The second-order valence-electron chi connectivity index (χ2n) is 10.7. The Kier molecular flexibility index (Phi) is 22.0. The van der Waals surface area contributed by atoms with Crippen molar-refractivity contribution in [1.29, 1.82) is 0 Å². The molecule has 2 amide bonds.